The minimum atomic E-state index is -0.152. The molecule has 1 aliphatic rings. The van der Waals surface area contributed by atoms with E-state index in [9.17, 15) is 4.79 Å². The number of carbonyl (C=O) groups excluding carboxylic acids is 1. The van der Waals surface area contributed by atoms with E-state index in [1.165, 1.54) is 22.3 Å². The number of amides is 1. The summed E-state index contributed by atoms with van der Waals surface area (Å²) < 4.78 is 0. The van der Waals surface area contributed by atoms with Crippen LogP contribution in [0.4, 0.5) is 0 Å². The molecule has 0 bridgehead atoms. The third kappa shape index (κ3) is 4.02. The quantitative estimate of drug-likeness (QED) is 0.885. The Hall–Kier alpha value is -2.17. The van der Waals surface area contributed by atoms with Crippen molar-refractivity contribution in [1.82, 2.24) is 15.5 Å². The molecule has 1 amide bonds. The van der Waals surface area contributed by atoms with Crippen LogP contribution in [0.1, 0.15) is 22.3 Å². The fourth-order valence-electron chi connectivity index (χ4n) is 3.17. The molecule has 0 aliphatic carbocycles. The van der Waals surface area contributed by atoms with Crippen LogP contribution in [0.25, 0.3) is 0 Å². The fraction of sp³-hybridized carbons (Fsp3) is 0.350. The van der Waals surface area contributed by atoms with Gasteiger partial charge in [-0.15, -0.1) is 0 Å². The third-order valence-electron chi connectivity index (χ3n) is 4.46. The highest BCUT2D eigenvalue weighted by Crippen LogP contribution is 2.16. The van der Waals surface area contributed by atoms with E-state index in [4.69, 9.17) is 0 Å². The minimum Gasteiger partial charge on any atom is -0.351 e. The number of hydrogen-bond donors (Lipinski definition) is 2. The Balaban J connectivity index is 1.61. The number of nitrogens with zero attached hydrogens (tertiary/aromatic N) is 1. The standard InChI is InChI=1S/C20H25N3O/c1-23(2)14-18-10-6-5-9-17(18)13-22-20(24)19-11-15-7-3-4-8-16(15)12-21-19/h3-10,19,21H,11-14H2,1-2H3,(H,22,24). The van der Waals surface area contributed by atoms with E-state index < -0.39 is 0 Å². The van der Waals surface area contributed by atoms with Gasteiger partial charge in [0.05, 0.1) is 6.04 Å². The van der Waals surface area contributed by atoms with Crippen molar-refractivity contribution in [1.29, 1.82) is 0 Å². The molecule has 24 heavy (non-hydrogen) atoms. The van der Waals surface area contributed by atoms with Crippen LogP contribution in [-0.4, -0.2) is 30.9 Å². The molecule has 0 saturated heterocycles. The van der Waals surface area contributed by atoms with Gasteiger partial charge in [-0.25, -0.2) is 0 Å². The zero-order valence-electron chi connectivity index (χ0n) is 14.4. The number of nitrogens with one attached hydrogen (secondary N) is 2. The van der Waals surface area contributed by atoms with Crippen LogP contribution < -0.4 is 10.6 Å². The first-order valence-electron chi connectivity index (χ1n) is 8.43. The summed E-state index contributed by atoms with van der Waals surface area (Å²) in [6, 6.07) is 16.4. The van der Waals surface area contributed by atoms with Crippen molar-refractivity contribution in [2.24, 2.45) is 0 Å². The monoisotopic (exact) mass is 323 g/mol. The lowest BCUT2D eigenvalue weighted by atomic mass is 9.95. The largest absolute Gasteiger partial charge is 0.351 e. The average molecular weight is 323 g/mol. The Bertz CT molecular complexity index is 712. The number of hydrogen-bond acceptors (Lipinski definition) is 3. The van der Waals surface area contributed by atoms with Gasteiger partial charge in [0.2, 0.25) is 5.91 Å². The molecule has 0 saturated carbocycles. The van der Waals surface area contributed by atoms with Crippen molar-refractivity contribution >= 4 is 5.91 Å². The van der Waals surface area contributed by atoms with E-state index >= 15 is 0 Å². The van der Waals surface area contributed by atoms with Crippen molar-refractivity contribution in [3.8, 4) is 0 Å². The molecular formula is C20H25N3O. The van der Waals surface area contributed by atoms with E-state index in [1.807, 2.05) is 24.3 Å². The molecule has 3 rings (SSSR count). The highest BCUT2D eigenvalue weighted by Gasteiger charge is 2.23. The molecule has 4 nitrogen and oxygen atoms in total. The van der Waals surface area contributed by atoms with Gasteiger partial charge in [-0.2, -0.15) is 0 Å². The van der Waals surface area contributed by atoms with Crippen LogP contribution in [0, 0.1) is 0 Å². The second kappa shape index (κ2) is 7.60. The van der Waals surface area contributed by atoms with Gasteiger partial charge in [0.1, 0.15) is 0 Å². The van der Waals surface area contributed by atoms with Crippen molar-refractivity contribution in [2.75, 3.05) is 14.1 Å². The number of fused-ring (bicyclic) bond motifs is 1. The average Bonchev–Trinajstić information content (AvgIpc) is 2.60. The lowest BCUT2D eigenvalue weighted by Gasteiger charge is -2.25. The SMILES string of the molecule is CN(C)Cc1ccccc1CNC(=O)C1Cc2ccccc2CN1. The molecular weight excluding hydrogens is 298 g/mol. The summed E-state index contributed by atoms with van der Waals surface area (Å²) in [4.78, 5) is 14.7. The smallest absolute Gasteiger partial charge is 0.237 e. The van der Waals surface area contributed by atoms with Crippen molar-refractivity contribution in [2.45, 2.75) is 32.1 Å². The summed E-state index contributed by atoms with van der Waals surface area (Å²) in [6.07, 6.45) is 0.751. The molecule has 1 atom stereocenters. The zero-order chi connectivity index (χ0) is 16.9. The molecule has 2 N–H and O–H groups in total. The fourth-order valence-corrected chi connectivity index (χ4v) is 3.17. The van der Waals surface area contributed by atoms with Crippen molar-refractivity contribution in [3.63, 3.8) is 0 Å². The minimum absolute atomic E-state index is 0.0733. The highest BCUT2D eigenvalue weighted by molar-refractivity contribution is 5.82. The van der Waals surface area contributed by atoms with E-state index in [1.54, 1.807) is 0 Å². The van der Waals surface area contributed by atoms with Gasteiger partial charge < -0.3 is 15.5 Å². The van der Waals surface area contributed by atoms with Gasteiger partial charge in [0.15, 0.2) is 0 Å². The Morgan fingerprint density at radius 3 is 2.50 bits per heavy atom. The molecule has 4 heteroatoms. The van der Waals surface area contributed by atoms with Gasteiger partial charge >= 0.3 is 0 Å². The van der Waals surface area contributed by atoms with E-state index in [0.29, 0.717) is 6.54 Å². The Kier molecular flexibility index (Phi) is 5.28. The molecule has 1 heterocycles. The molecule has 0 radical (unpaired) electrons. The first-order valence-corrected chi connectivity index (χ1v) is 8.43. The van der Waals surface area contributed by atoms with Crippen molar-refractivity contribution < 1.29 is 4.79 Å². The number of carbonyl (C=O) groups is 1. The zero-order valence-corrected chi connectivity index (χ0v) is 14.4. The van der Waals surface area contributed by atoms with Crippen molar-refractivity contribution in [3.05, 3.63) is 70.8 Å². The molecule has 2 aromatic rings. The van der Waals surface area contributed by atoms with Gasteiger partial charge in [-0.1, -0.05) is 48.5 Å². The summed E-state index contributed by atoms with van der Waals surface area (Å²) >= 11 is 0. The molecule has 0 fully saturated rings. The lowest BCUT2D eigenvalue weighted by Crippen LogP contribution is -2.47. The Morgan fingerprint density at radius 1 is 1.08 bits per heavy atom. The molecule has 1 aliphatic heterocycles. The summed E-state index contributed by atoms with van der Waals surface area (Å²) in [5.41, 5.74) is 4.99. The maximum absolute atomic E-state index is 12.5. The number of benzene rings is 2. The van der Waals surface area contributed by atoms with Crippen LogP contribution >= 0.6 is 0 Å². The first-order chi connectivity index (χ1) is 11.6. The second-order valence-electron chi connectivity index (χ2n) is 6.63. The van der Waals surface area contributed by atoms with Crippen LogP contribution in [0.2, 0.25) is 0 Å². The van der Waals surface area contributed by atoms with Crippen LogP contribution in [0.3, 0.4) is 0 Å². The van der Waals surface area contributed by atoms with E-state index in [0.717, 1.165) is 19.5 Å². The third-order valence-corrected chi connectivity index (χ3v) is 4.46. The van der Waals surface area contributed by atoms with Gasteiger partial charge in [0.25, 0.3) is 0 Å². The molecule has 0 aromatic heterocycles. The molecule has 2 aromatic carbocycles. The maximum Gasteiger partial charge on any atom is 0.237 e. The highest BCUT2D eigenvalue weighted by atomic mass is 16.2. The maximum atomic E-state index is 12.5. The summed E-state index contributed by atoms with van der Waals surface area (Å²) in [5.74, 6) is 0.0733. The van der Waals surface area contributed by atoms with Gasteiger partial charge in [-0.3, -0.25) is 4.79 Å². The summed E-state index contributed by atoms with van der Waals surface area (Å²) in [6.45, 7) is 2.20. The summed E-state index contributed by atoms with van der Waals surface area (Å²) in [7, 11) is 4.11. The number of rotatable bonds is 5. The van der Waals surface area contributed by atoms with Crippen LogP contribution in [-0.2, 0) is 30.8 Å². The Labute approximate surface area is 143 Å². The molecule has 0 spiro atoms. The van der Waals surface area contributed by atoms with Crippen LogP contribution in [0.15, 0.2) is 48.5 Å². The van der Waals surface area contributed by atoms with Gasteiger partial charge in [0, 0.05) is 19.6 Å². The van der Waals surface area contributed by atoms with Crippen LogP contribution in [0.5, 0.6) is 0 Å². The lowest BCUT2D eigenvalue weighted by molar-refractivity contribution is -0.123. The van der Waals surface area contributed by atoms with E-state index in [-0.39, 0.29) is 11.9 Å². The predicted molar refractivity (Wildman–Crippen MR) is 96.5 cm³/mol. The predicted octanol–water partition coefficient (Wildman–Crippen LogP) is 2.08. The normalized spacial score (nSPS) is 16.7. The van der Waals surface area contributed by atoms with Gasteiger partial charge in [-0.05, 0) is 42.8 Å². The molecule has 126 valence electrons. The van der Waals surface area contributed by atoms with E-state index in [2.05, 4.69) is 53.9 Å². The topological polar surface area (TPSA) is 44.4 Å². The summed E-state index contributed by atoms with van der Waals surface area (Å²) in [5, 5.41) is 6.43. The molecule has 1 unspecified atom stereocenters. The Morgan fingerprint density at radius 2 is 1.75 bits per heavy atom. The second-order valence-corrected chi connectivity index (χ2v) is 6.63. The first kappa shape index (κ1) is 16.7.